The minimum absolute atomic E-state index is 0.178. The van der Waals surface area contributed by atoms with Gasteiger partial charge in [0.1, 0.15) is 11.3 Å². The molecule has 4 heteroatoms. The van der Waals surface area contributed by atoms with E-state index in [1.54, 1.807) is 0 Å². The molecule has 1 unspecified atom stereocenters. The number of hydrogen-bond donors (Lipinski definition) is 0. The van der Waals surface area contributed by atoms with E-state index in [9.17, 15) is 0 Å². The first-order chi connectivity index (χ1) is 9.59. The van der Waals surface area contributed by atoms with Gasteiger partial charge in [-0.1, -0.05) is 18.2 Å². The van der Waals surface area contributed by atoms with Crippen molar-refractivity contribution in [3.63, 3.8) is 0 Å². The molecule has 1 aromatic carbocycles. The van der Waals surface area contributed by atoms with Crippen LogP contribution in [0.25, 0.3) is 16.9 Å². The van der Waals surface area contributed by atoms with E-state index in [1.165, 1.54) is 5.56 Å². The van der Waals surface area contributed by atoms with Crippen LogP contribution in [-0.4, -0.2) is 14.5 Å². The first-order valence-corrected chi connectivity index (χ1v) is 7.07. The Kier molecular flexibility index (Phi) is 3.22. The van der Waals surface area contributed by atoms with Crippen molar-refractivity contribution in [1.82, 2.24) is 14.5 Å². The van der Waals surface area contributed by atoms with E-state index in [0.717, 1.165) is 28.2 Å². The highest BCUT2D eigenvalue weighted by Gasteiger charge is 2.19. The predicted octanol–water partition coefficient (Wildman–Crippen LogP) is 4.34. The van der Waals surface area contributed by atoms with Gasteiger partial charge in [0.2, 0.25) is 0 Å². The second-order valence-electron chi connectivity index (χ2n) is 5.01. The molecule has 0 aliphatic rings. The van der Waals surface area contributed by atoms with Crippen molar-refractivity contribution in [2.75, 3.05) is 0 Å². The third kappa shape index (κ3) is 1.98. The minimum Gasteiger partial charge on any atom is -0.279 e. The molecule has 1 atom stereocenters. The topological polar surface area (TPSA) is 30.7 Å². The number of fused-ring (bicyclic) bond motifs is 1. The number of para-hydroxylation sites is 1. The summed E-state index contributed by atoms with van der Waals surface area (Å²) in [4.78, 5) is 9.20. The van der Waals surface area contributed by atoms with Gasteiger partial charge in [0, 0.05) is 6.20 Å². The van der Waals surface area contributed by atoms with Crippen molar-refractivity contribution < 1.29 is 0 Å². The molecular formula is C16H16ClN3. The Bertz CT molecular complexity index is 774. The van der Waals surface area contributed by atoms with E-state index in [1.807, 2.05) is 38.2 Å². The number of nitrogens with zero attached hydrogens (tertiary/aromatic N) is 3. The highest BCUT2D eigenvalue weighted by atomic mass is 35.5. The first-order valence-electron chi connectivity index (χ1n) is 6.63. The number of hydrogen-bond acceptors (Lipinski definition) is 2. The molecule has 0 fully saturated rings. The van der Waals surface area contributed by atoms with Crippen LogP contribution < -0.4 is 0 Å². The maximum absolute atomic E-state index is 6.32. The smallest absolute Gasteiger partial charge is 0.164 e. The van der Waals surface area contributed by atoms with E-state index in [2.05, 4.69) is 28.6 Å². The fraction of sp³-hybridized carbons (Fsp3) is 0.250. The molecule has 3 nitrogen and oxygen atoms in total. The van der Waals surface area contributed by atoms with Gasteiger partial charge in [-0.2, -0.15) is 0 Å². The zero-order valence-electron chi connectivity index (χ0n) is 11.8. The molecule has 0 amide bonds. The summed E-state index contributed by atoms with van der Waals surface area (Å²) in [7, 11) is 0. The summed E-state index contributed by atoms with van der Waals surface area (Å²) < 4.78 is 2.06. The highest BCUT2D eigenvalue weighted by Crippen LogP contribution is 2.29. The summed E-state index contributed by atoms with van der Waals surface area (Å²) in [5.41, 5.74) is 5.14. The lowest BCUT2D eigenvalue weighted by Gasteiger charge is -2.12. The maximum atomic E-state index is 6.32. The zero-order chi connectivity index (χ0) is 14.3. The molecule has 3 aromatic rings. The molecule has 0 aliphatic heterocycles. The van der Waals surface area contributed by atoms with Crippen molar-refractivity contribution in [3.8, 4) is 5.69 Å². The van der Waals surface area contributed by atoms with Crippen molar-refractivity contribution in [2.24, 2.45) is 0 Å². The fourth-order valence-corrected chi connectivity index (χ4v) is 2.58. The van der Waals surface area contributed by atoms with Gasteiger partial charge >= 0.3 is 0 Å². The van der Waals surface area contributed by atoms with Crippen molar-refractivity contribution in [2.45, 2.75) is 26.1 Å². The monoisotopic (exact) mass is 285 g/mol. The Balaban J connectivity index is 2.42. The second kappa shape index (κ2) is 4.91. The van der Waals surface area contributed by atoms with E-state index in [0.29, 0.717) is 0 Å². The van der Waals surface area contributed by atoms with Crippen LogP contribution in [0, 0.1) is 13.8 Å². The van der Waals surface area contributed by atoms with Gasteiger partial charge in [-0.3, -0.25) is 4.57 Å². The Morgan fingerprint density at radius 1 is 1.10 bits per heavy atom. The Labute approximate surface area is 123 Å². The summed E-state index contributed by atoms with van der Waals surface area (Å²) in [6.07, 6.45) is 1.82. The average Bonchev–Trinajstić information content (AvgIpc) is 2.80. The lowest BCUT2D eigenvalue weighted by atomic mass is 10.2. The van der Waals surface area contributed by atoms with Crippen LogP contribution in [0.15, 0.2) is 36.5 Å². The van der Waals surface area contributed by atoms with Crippen LogP contribution in [0.3, 0.4) is 0 Å². The highest BCUT2D eigenvalue weighted by molar-refractivity contribution is 6.20. The van der Waals surface area contributed by atoms with Crippen LogP contribution in [0.1, 0.15) is 29.3 Å². The molecule has 0 spiro atoms. The summed E-state index contributed by atoms with van der Waals surface area (Å²) in [5, 5.41) is -0.178. The van der Waals surface area contributed by atoms with Crippen LogP contribution in [0.2, 0.25) is 0 Å². The number of benzene rings is 1. The van der Waals surface area contributed by atoms with Crippen LogP contribution in [0.5, 0.6) is 0 Å². The zero-order valence-corrected chi connectivity index (χ0v) is 12.5. The molecule has 0 saturated carbocycles. The largest absolute Gasteiger partial charge is 0.279 e. The Morgan fingerprint density at radius 2 is 1.85 bits per heavy atom. The van der Waals surface area contributed by atoms with Gasteiger partial charge in [-0.05, 0) is 44.0 Å². The number of rotatable bonds is 2. The molecule has 2 heterocycles. The third-order valence-electron chi connectivity index (χ3n) is 3.49. The molecule has 0 radical (unpaired) electrons. The van der Waals surface area contributed by atoms with E-state index < -0.39 is 0 Å². The Hall–Kier alpha value is -1.87. The van der Waals surface area contributed by atoms with Crippen LogP contribution in [-0.2, 0) is 0 Å². The van der Waals surface area contributed by atoms with Gasteiger partial charge in [-0.25, -0.2) is 9.97 Å². The van der Waals surface area contributed by atoms with E-state index in [-0.39, 0.29) is 5.38 Å². The number of aromatic nitrogens is 3. The number of halogens is 1. The standard InChI is InChI=1S/C16H16ClN3/c1-10-6-4-5-7-13(10)20-15(12(3)17)19-14-11(2)8-9-18-16(14)20/h4-9,12H,1-3H3. The van der Waals surface area contributed by atoms with Crippen molar-refractivity contribution in [3.05, 3.63) is 53.5 Å². The van der Waals surface area contributed by atoms with Crippen LogP contribution in [0.4, 0.5) is 0 Å². The van der Waals surface area contributed by atoms with Crippen LogP contribution >= 0.6 is 11.6 Å². The molecule has 0 aliphatic carbocycles. The summed E-state index contributed by atoms with van der Waals surface area (Å²) in [6.45, 7) is 6.06. The third-order valence-corrected chi connectivity index (χ3v) is 3.68. The number of imidazole rings is 1. The fourth-order valence-electron chi connectivity index (χ4n) is 2.43. The molecule has 0 saturated heterocycles. The lowest BCUT2D eigenvalue weighted by molar-refractivity contribution is 0.872. The van der Waals surface area contributed by atoms with Gasteiger partial charge in [0.05, 0.1) is 11.1 Å². The first kappa shape index (κ1) is 13.1. The summed E-state index contributed by atoms with van der Waals surface area (Å²) in [6, 6.07) is 10.2. The molecular weight excluding hydrogens is 270 g/mol. The van der Waals surface area contributed by atoms with Gasteiger partial charge in [0.15, 0.2) is 5.65 Å². The molecule has 2 aromatic heterocycles. The van der Waals surface area contributed by atoms with E-state index in [4.69, 9.17) is 16.6 Å². The summed E-state index contributed by atoms with van der Waals surface area (Å²) >= 11 is 6.32. The number of pyridine rings is 1. The average molecular weight is 286 g/mol. The molecule has 102 valence electrons. The van der Waals surface area contributed by atoms with Crippen molar-refractivity contribution in [1.29, 1.82) is 0 Å². The second-order valence-corrected chi connectivity index (χ2v) is 5.66. The summed E-state index contributed by atoms with van der Waals surface area (Å²) in [5.74, 6) is 0.831. The maximum Gasteiger partial charge on any atom is 0.164 e. The molecule has 20 heavy (non-hydrogen) atoms. The normalized spacial score (nSPS) is 12.8. The molecule has 0 bridgehead atoms. The van der Waals surface area contributed by atoms with Gasteiger partial charge in [0.25, 0.3) is 0 Å². The van der Waals surface area contributed by atoms with Gasteiger partial charge in [-0.15, -0.1) is 11.6 Å². The Morgan fingerprint density at radius 3 is 2.55 bits per heavy atom. The lowest BCUT2D eigenvalue weighted by Crippen LogP contribution is -2.04. The number of alkyl halides is 1. The SMILES string of the molecule is Cc1ccccc1-n1c(C(C)Cl)nc2c(C)ccnc21. The van der Waals surface area contributed by atoms with Gasteiger partial charge < -0.3 is 0 Å². The van der Waals surface area contributed by atoms with Crippen molar-refractivity contribution >= 4 is 22.8 Å². The number of aryl methyl sites for hydroxylation is 2. The van der Waals surface area contributed by atoms with E-state index >= 15 is 0 Å². The predicted molar refractivity (Wildman–Crippen MR) is 82.6 cm³/mol. The molecule has 0 N–H and O–H groups in total. The molecule has 3 rings (SSSR count). The quantitative estimate of drug-likeness (QED) is 0.656. The minimum atomic E-state index is -0.178.